The van der Waals surface area contributed by atoms with Crippen LogP contribution in [0, 0.1) is 12.3 Å². The summed E-state index contributed by atoms with van der Waals surface area (Å²) in [6.45, 7) is 0. The SMILES string of the molecule is C#Cc1cnccc1-c1cccc(Cl)c1. The minimum atomic E-state index is 0.701. The number of nitrogens with zero attached hydrogens (tertiary/aromatic N) is 1. The van der Waals surface area contributed by atoms with Gasteiger partial charge in [0.2, 0.25) is 0 Å². The van der Waals surface area contributed by atoms with Gasteiger partial charge in [-0.15, -0.1) is 6.42 Å². The summed E-state index contributed by atoms with van der Waals surface area (Å²) in [6.07, 6.45) is 8.80. The summed E-state index contributed by atoms with van der Waals surface area (Å²) in [6, 6.07) is 9.49. The first-order valence-electron chi connectivity index (χ1n) is 4.48. The maximum absolute atomic E-state index is 5.92. The molecule has 0 aliphatic carbocycles. The van der Waals surface area contributed by atoms with Gasteiger partial charge in [-0.3, -0.25) is 4.98 Å². The lowest BCUT2D eigenvalue weighted by Gasteiger charge is -2.04. The summed E-state index contributed by atoms with van der Waals surface area (Å²) in [5, 5.41) is 0.701. The molecule has 72 valence electrons. The molecule has 0 fully saturated rings. The highest BCUT2D eigenvalue weighted by molar-refractivity contribution is 6.30. The van der Waals surface area contributed by atoms with Gasteiger partial charge in [-0.25, -0.2) is 0 Å². The molecule has 0 saturated heterocycles. The van der Waals surface area contributed by atoms with Crippen molar-refractivity contribution in [1.82, 2.24) is 4.98 Å². The van der Waals surface area contributed by atoms with Gasteiger partial charge in [0.25, 0.3) is 0 Å². The van der Waals surface area contributed by atoms with E-state index in [4.69, 9.17) is 18.0 Å². The van der Waals surface area contributed by atoms with Crippen LogP contribution in [0.3, 0.4) is 0 Å². The monoisotopic (exact) mass is 213 g/mol. The third kappa shape index (κ3) is 2.01. The van der Waals surface area contributed by atoms with Gasteiger partial charge in [0.15, 0.2) is 0 Å². The molecule has 0 unspecified atom stereocenters. The van der Waals surface area contributed by atoms with E-state index in [2.05, 4.69) is 10.9 Å². The molecule has 0 amide bonds. The Morgan fingerprint density at radius 1 is 1.27 bits per heavy atom. The Morgan fingerprint density at radius 2 is 2.13 bits per heavy atom. The quantitative estimate of drug-likeness (QED) is 0.662. The van der Waals surface area contributed by atoms with Crippen LogP contribution < -0.4 is 0 Å². The molecular weight excluding hydrogens is 206 g/mol. The molecule has 0 bridgehead atoms. The zero-order chi connectivity index (χ0) is 10.7. The van der Waals surface area contributed by atoms with Crippen molar-refractivity contribution in [2.45, 2.75) is 0 Å². The summed E-state index contributed by atoms with van der Waals surface area (Å²) in [7, 11) is 0. The van der Waals surface area contributed by atoms with Crippen LogP contribution in [0.2, 0.25) is 5.02 Å². The second kappa shape index (κ2) is 4.16. The Hall–Kier alpha value is -1.78. The number of hydrogen-bond acceptors (Lipinski definition) is 1. The van der Waals surface area contributed by atoms with Gasteiger partial charge in [0.1, 0.15) is 0 Å². The van der Waals surface area contributed by atoms with E-state index in [9.17, 15) is 0 Å². The van der Waals surface area contributed by atoms with E-state index < -0.39 is 0 Å². The maximum atomic E-state index is 5.92. The number of pyridine rings is 1. The minimum Gasteiger partial charge on any atom is -0.263 e. The predicted molar refractivity (Wildman–Crippen MR) is 62.6 cm³/mol. The summed E-state index contributed by atoms with van der Waals surface area (Å²) in [5.74, 6) is 2.61. The zero-order valence-electron chi connectivity index (χ0n) is 7.94. The summed E-state index contributed by atoms with van der Waals surface area (Å²) < 4.78 is 0. The first kappa shape index (κ1) is 9.76. The lowest BCUT2D eigenvalue weighted by atomic mass is 10.0. The molecule has 0 N–H and O–H groups in total. The van der Waals surface area contributed by atoms with Crippen molar-refractivity contribution in [2.24, 2.45) is 0 Å². The molecule has 15 heavy (non-hydrogen) atoms. The van der Waals surface area contributed by atoms with Crippen molar-refractivity contribution < 1.29 is 0 Å². The van der Waals surface area contributed by atoms with Crippen LogP contribution in [0.15, 0.2) is 42.7 Å². The Balaban J connectivity index is 2.60. The summed E-state index contributed by atoms with van der Waals surface area (Å²) >= 11 is 5.92. The maximum Gasteiger partial charge on any atom is 0.0504 e. The third-order valence-corrected chi connectivity index (χ3v) is 2.35. The largest absolute Gasteiger partial charge is 0.263 e. The van der Waals surface area contributed by atoms with E-state index in [-0.39, 0.29) is 0 Å². The topological polar surface area (TPSA) is 12.9 Å². The average Bonchev–Trinajstić information content (AvgIpc) is 2.29. The molecule has 0 radical (unpaired) electrons. The van der Waals surface area contributed by atoms with Crippen molar-refractivity contribution in [3.63, 3.8) is 0 Å². The Morgan fingerprint density at radius 3 is 2.87 bits per heavy atom. The molecule has 2 heteroatoms. The number of halogens is 1. The molecule has 1 nitrogen and oxygen atoms in total. The van der Waals surface area contributed by atoms with Gasteiger partial charge < -0.3 is 0 Å². The first-order chi connectivity index (χ1) is 7.31. The van der Waals surface area contributed by atoms with Gasteiger partial charge in [-0.05, 0) is 23.8 Å². The second-order valence-corrected chi connectivity index (χ2v) is 3.51. The highest BCUT2D eigenvalue weighted by atomic mass is 35.5. The van der Waals surface area contributed by atoms with Gasteiger partial charge in [0, 0.05) is 23.0 Å². The van der Waals surface area contributed by atoms with E-state index in [0.717, 1.165) is 16.7 Å². The van der Waals surface area contributed by atoms with Crippen LogP contribution in [0.25, 0.3) is 11.1 Å². The standard InChI is InChI=1S/C13H8ClN/c1-2-10-9-15-7-6-13(10)11-4-3-5-12(14)8-11/h1,3-9H. The van der Waals surface area contributed by atoms with Gasteiger partial charge in [-0.2, -0.15) is 0 Å². The van der Waals surface area contributed by atoms with Crippen LogP contribution in [-0.4, -0.2) is 4.98 Å². The molecule has 0 atom stereocenters. The Labute approximate surface area is 93.7 Å². The normalized spacial score (nSPS) is 9.60. The van der Waals surface area contributed by atoms with Gasteiger partial charge >= 0.3 is 0 Å². The van der Waals surface area contributed by atoms with Crippen LogP contribution in [0.5, 0.6) is 0 Å². The first-order valence-corrected chi connectivity index (χ1v) is 4.85. The van der Waals surface area contributed by atoms with Crippen LogP contribution in [-0.2, 0) is 0 Å². The zero-order valence-corrected chi connectivity index (χ0v) is 8.70. The fourth-order valence-corrected chi connectivity index (χ4v) is 1.61. The number of terminal acetylenes is 1. The van der Waals surface area contributed by atoms with E-state index in [0.29, 0.717) is 5.02 Å². The van der Waals surface area contributed by atoms with E-state index in [1.165, 1.54) is 0 Å². The minimum absolute atomic E-state index is 0.701. The van der Waals surface area contributed by atoms with E-state index in [1.807, 2.05) is 30.3 Å². The van der Waals surface area contributed by atoms with Crippen molar-refractivity contribution in [1.29, 1.82) is 0 Å². The van der Waals surface area contributed by atoms with Crippen LogP contribution in [0.4, 0.5) is 0 Å². The molecule has 2 rings (SSSR count). The van der Waals surface area contributed by atoms with E-state index >= 15 is 0 Å². The van der Waals surface area contributed by atoms with Crippen molar-refractivity contribution in [3.05, 3.63) is 53.3 Å². The van der Waals surface area contributed by atoms with Gasteiger partial charge in [0.05, 0.1) is 5.56 Å². The Bertz CT molecular complexity index is 526. The Kier molecular flexibility index (Phi) is 2.71. The molecule has 0 spiro atoms. The fourth-order valence-electron chi connectivity index (χ4n) is 1.42. The van der Waals surface area contributed by atoms with Crippen molar-refractivity contribution in [3.8, 4) is 23.5 Å². The molecule has 0 aliphatic rings. The third-order valence-electron chi connectivity index (χ3n) is 2.11. The molecule has 1 aromatic heterocycles. The molecule has 1 heterocycles. The van der Waals surface area contributed by atoms with Gasteiger partial charge in [-0.1, -0.05) is 29.7 Å². The predicted octanol–water partition coefficient (Wildman–Crippen LogP) is 3.38. The summed E-state index contributed by atoms with van der Waals surface area (Å²) in [4.78, 5) is 3.99. The number of aromatic nitrogens is 1. The number of rotatable bonds is 1. The van der Waals surface area contributed by atoms with Crippen molar-refractivity contribution in [2.75, 3.05) is 0 Å². The lowest BCUT2D eigenvalue weighted by Crippen LogP contribution is -1.85. The van der Waals surface area contributed by atoms with Crippen molar-refractivity contribution >= 4 is 11.6 Å². The smallest absolute Gasteiger partial charge is 0.0504 e. The highest BCUT2D eigenvalue weighted by Crippen LogP contribution is 2.24. The number of hydrogen-bond donors (Lipinski definition) is 0. The lowest BCUT2D eigenvalue weighted by molar-refractivity contribution is 1.31. The summed E-state index contributed by atoms with van der Waals surface area (Å²) in [5.41, 5.74) is 2.77. The molecular formula is C13H8ClN. The highest BCUT2D eigenvalue weighted by Gasteiger charge is 2.02. The fraction of sp³-hybridized carbons (Fsp3) is 0. The number of benzene rings is 1. The molecule has 0 saturated carbocycles. The molecule has 2 aromatic rings. The van der Waals surface area contributed by atoms with Crippen LogP contribution >= 0.6 is 11.6 Å². The second-order valence-electron chi connectivity index (χ2n) is 3.08. The molecule has 1 aromatic carbocycles. The van der Waals surface area contributed by atoms with E-state index in [1.54, 1.807) is 12.4 Å². The van der Waals surface area contributed by atoms with Crippen LogP contribution in [0.1, 0.15) is 5.56 Å². The molecule has 0 aliphatic heterocycles. The average molecular weight is 214 g/mol.